The molecule has 1 saturated carbocycles. The highest BCUT2D eigenvalue weighted by molar-refractivity contribution is 5.95. The van der Waals surface area contributed by atoms with Gasteiger partial charge < -0.3 is 23.8 Å². The number of ether oxygens (including phenoxy) is 4. The van der Waals surface area contributed by atoms with Gasteiger partial charge in [0.05, 0.1) is 25.8 Å². The summed E-state index contributed by atoms with van der Waals surface area (Å²) < 4.78 is 49.4. The second-order valence-corrected chi connectivity index (χ2v) is 13.9. The first-order valence-corrected chi connectivity index (χ1v) is 16.0. The van der Waals surface area contributed by atoms with E-state index in [-0.39, 0.29) is 24.4 Å². The third-order valence-electron chi connectivity index (χ3n) is 9.24. The molecule has 256 valence electrons. The summed E-state index contributed by atoms with van der Waals surface area (Å²) in [5, 5.41) is 0.957. The normalized spacial score (nSPS) is 19.0. The molecule has 0 bridgehead atoms. The van der Waals surface area contributed by atoms with E-state index in [9.17, 15) is 18.4 Å². The number of aromatic nitrogens is 2. The number of carbonyl (C=O) groups is 2. The molecule has 0 amide bonds. The topological polar surface area (TPSA) is 95.4 Å². The lowest BCUT2D eigenvalue weighted by Gasteiger charge is -2.51. The van der Waals surface area contributed by atoms with Gasteiger partial charge in [-0.05, 0) is 88.9 Å². The number of benzene rings is 1. The summed E-state index contributed by atoms with van der Waals surface area (Å²) in [7, 11) is 4.69. The minimum absolute atomic E-state index is 0.0324. The molecule has 47 heavy (non-hydrogen) atoms. The Bertz CT molecular complexity index is 1590. The second kappa shape index (κ2) is 13.4. The predicted molar refractivity (Wildman–Crippen MR) is 175 cm³/mol. The Kier molecular flexibility index (Phi) is 9.84. The van der Waals surface area contributed by atoms with Gasteiger partial charge in [0, 0.05) is 56.7 Å². The lowest BCUT2D eigenvalue weighted by Crippen LogP contribution is -2.52. The number of alkyl halides is 2. The minimum Gasteiger partial charge on any atom is -0.496 e. The number of nitrogens with zero attached hydrogens (tertiary/aromatic N) is 4. The zero-order valence-corrected chi connectivity index (χ0v) is 28.4. The molecule has 3 aromatic rings. The first-order valence-electron chi connectivity index (χ1n) is 16.0. The smallest absolute Gasteiger partial charge is 0.419 e. The molecule has 2 saturated heterocycles. The number of pyridine rings is 1. The number of fused-ring (bicyclic) bond motifs is 1. The highest BCUT2D eigenvalue weighted by Crippen LogP contribution is 2.57. The van der Waals surface area contributed by atoms with Crippen LogP contribution in [0.3, 0.4) is 0 Å². The van der Waals surface area contributed by atoms with Gasteiger partial charge in [-0.25, -0.2) is 23.4 Å². The Morgan fingerprint density at radius 1 is 1.04 bits per heavy atom. The molecule has 1 aliphatic carbocycles. The molecule has 4 heterocycles. The van der Waals surface area contributed by atoms with Gasteiger partial charge in [0.25, 0.3) is 0 Å². The average Bonchev–Trinajstić information content (AvgIpc) is 3.44. The summed E-state index contributed by atoms with van der Waals surface area (Å²) >= 11 is 0. The fourth-order valence-corrected chi connectivity index (χ4v) is 6.77. The number of anilines is 1. The number of esters is 1. The van der Waals surface area contributed by atoms with Gasteiger partial charge in [-0.3, -0.25) is 9.47 Å². The number of methoxy groups -OCH3 is 3. The van der Waals surface area contributed by atoms with Gasteiger partial charge in [0.15, 0.2) is 5.69 Å². The summed E-state index contributed by atoms with van der Waals surface area (Å²) in [5.41, 5.74) is 2.34. The fourth-order valence-electron chi connectivity index (χ4n) is 6.77. The van der Waals surface area contributed by atoms with Crippen molar-refractivity contribution in [3.63, 3.8) is 0 Å². The van der Waals surface area contributed by atoms with Gasteiger partial charge in [-0.2, -0.15) is 0 Å². The highest BCUT2D eigenvalue weighted by Gasteiger charge is 2.56. The molecule has 3 aliphatic rings. The third kappa shape index (κ3) is 7.70. The maximum Gasteiger partial charge on any atom is 0.419 e. The summed E-state index contributed by atoms with van der Waals surface area (Å²) in [5.74, 6) is -1.32. The number of carbonyl (C=O) groups excluding carboxylic acids is 2. The van der Waals surface area contributed by atoms with Crippen LogP contribution in [0.1, 0.15) is 68.1 Å². The molecule has 0 unspecified atom stereocenters. The van der Waals surface area contributed by atoms with Gasteiger partial charge in [-0.15, -0.1) is 0 Å². The fraction of sp³-hybridized carbons (Fsp3) is 0.571. The van der Waals surface area contributed by atoms with Crippen LogP contribution in [0.2, 0.25) is 0 Å². The van der Waals surface area contributed by atoms with Crippen LogP contribution >= 0.6 is 0 Å². The minimum atomic E-state index is -2.47. The van der Waals surface area contributed by atoms with Crippen LogP contribution in [0.4, 0.5) is 19.4 Å². The van der Waals surface area contributed by atoms with Gasteiger partial charge in [0.1, 0.15) is 17.2 Å². The Morgan fingerprint density at radius 2 is 1.72 bits per heavy atom. The Balaban J connectivity index is 0.000000227. The molecule has 6 rings (SSSR count). The number of likely N-dealkylation sites (tertiary alicyclic amines) is 1. The molecule has 0 radical (unpaired) electrons. The van der Waals surface area contributed by atoms with E-state index in [0.717, 1.165) is 72.6 Å². The molecule has 2 aliphatic heterocycles. The molecular weight excluding hydrogens is 610 g/mol. The number of rotatable bonds is 6. The maximum absolute atomic E-state index is 13.4. The monoisotopic (exact) mass is 656 g/mol. The quantitative estimate of drug-likeness (QED) is 0.277. The molecule has 1 aromatic carbocycles. The van der Waals surface area contributed by atoms with Gasteiger partial charge >= 0.3 is 12.1 Å². The molecule has 0 N–H and O–H groups in total. The second-order valence-electron chi connectivity index (χ2n) is 13.9. The number of aryl methyl sites for hydroxylation is 1. The number of hydrogen-bond acceptors (Lipinski definition) is 9. The standard InChI is InChI=1S/C24H32F2N2O3.C11H14N2O3/c1-16-12-19(30-5)18(13-27-10-7-23(8-11-27)14-24(25,26)15-23)17-6-9-28(20(16)17)21(29)31-22(2,3)4;1-15-8-6-13(7-8)10-5-3-4-9(12-10)11(14)16-2/h6,9,12H,7-8,10-11,13-15H2,1-5H3;3-5,8H,6-7H2,1-2H3. The van der Waals surface area contributed by atoms with Crippen LogP contribution in [0.25, 0.3) is 10.9 Å². The lowest BCUT2D eigenvalue weighted by atomic mass is 9.61. The summed E-state index contributed by atoms with van der Waals surface area (Å²) in [4.78, 5) is 32.6. The van der Waals surface area contributed by atoms with E-state index in [2.05, 4.69) is 19.5 Å². The molecule has 1 spiro atoms. The van der Waals surface area contributed by atoms with Crippen LogP contribution in [0, 0.1) is 12.3 Å². The SMILES string of the molecule is COC(=O)c1cccc(N2CC(OC)C2)n1.COc1cc(C)c2c(ccn2C(=O)OC(C)(C)C)c1CN1CCC2(CC1)CC(F)(F)C2. The van der Waals surface area contributed by atoms with E-state index in [4.69, 9.17) is 14.2 Å². The van der Waals surface area contributed by atoms with Crippen molar-refractivity contribution in [2.75, 3.05) is 52.4 Å². The summed E-state index contributed by atoms with van der Waals surface area (Å²) in [6.07, 6.45) is 3.28. The number of piperidine rings is 1. The number of halogens is 2. The molecule has 3 fully saturated rings. The van der Waals surface area contributed by atoms with Crippen molar-refractivity contribution in [3.8, 4) is 5.75 Å². The largest absolute Gasteiger partial charge is 0.496 e. The van der Waals surface area contributed by atoms with E-state index in [1.54, 1.807) is 37.1 Å². The summed E-state index contributed by atoms with van der Waals surface area (Å²) in [6, 6.07) is 9.20. The average molecular weight is 657 g/mol. The van der Waals surface area contributed by atoms with Crippen molar-refractivity contribution in [1.82, 2.24) is 14.5 Å². The van der Waals surface area contributed by atoms with Crippen LogP contribution in [-0.2, 0) is 20.8 Å². The maximum atomic E-state index is 13.4. The van der Waals surface area contributed by atoms with Crippen molar-refractivity contribution >= 4 is 28.8 Å². The first-order chi connectivity index (χ1) is 22.2. The van der Waals surface area contributed by atoms with Crippen molar-refractivity contribution in [1.29, 1.82) is 0 Å². The van der Waals surface area contributed by atoms with E-state index in [1.165, 1.54) is 7.11 Å². The third-order valence-corrected chi connectivity index (χ3v) is 9.24. The molecule has 12 heteroatoms. The van der Waals surface area contributed by atoms with Crippen LogP contribution in [0.5, 0.6) is 5.75 Å². The summed E-state index contributed by atoms with van der Waals surface area (Å²) in [6.45, 7) is 11.4. The van der Waals surface area contributed by atoms with Crippen molar-refractivity contribution in [2.24, 2.45) is 5.41 Å². The van der Waals surface area contributed by atoms with Gasteiger partial charge in [-0.1, -0.05) is 6.07 Å². The highest BCUT2D eigenvalue weighted by atomic mass is 19.3. The molecule has 2 aromatic heterocycles. The van der Waals surface area contributed by atoms with Crippen molar-refractivity contribution in [2.45, 2.75) is 77.6 Å². The van der Waals surface area contributed by atoms with Crippen LogP contribution in [0.15, 0.2) is 36.5 Å². The van der Waals surface area contributed by atoms with Crippen molar-refractivity contribution in [3.05, 3.63) is 53.3 Å². The zero-order chi connectivity index (χ0) is 34.1. The van der Waals surface area contributed by atoms with E-state index < -0.39 is 23.6 Å². The molecule has 0 atom stereocenters. The van der Waals surface area contributed by atoms with Crippen LogP contribution in [-0.4, -0.2) is 91.6 Å². The Hall–Kier alpha value is -3.77. The first kappa shape index (κ1) is 34.6. The lowest BCUT2D eigenvalue weighted by molar-refractivity contribution is -0.178. The van der Waals surface area contributed by atoms with Gasteiger partial charge in [0.2, 0.25) is 5.92 Å². The van der Waals surface area contributed by atoms with E-state index in [1.807, 2.05) is 45.9 Å². The predicted octanol–water partition coefficient (Wildman–Crippen LogP) is 6.46. The van der Waals surface area contributed by atoms with E-state index in [0.29, 0.717) is 12.2 Å². The van der Waals surface area contributed by atoms with Crippen molar-refractivity contribution < 1.29 is 37.3 Å². The molecular formula is C35H46F2N4O6. The molecule has 10 nitrogen and oxygen atoms in total. The Morgan fingerprint density at radius 3 is 2.30 bits per heavy atom. The number of hydrogen-bond donors (Lipinski definition) is 0. The zero-order valence-electron chi connectivity index (χ0n) is 28.4. The van der Waals surface area contributed by atoms with Crippen LogP contribution < -0.4 is 9.64 Å². The van der Waals surface area contributed by atoms with E-state index >= 15 is 0 Å². The Labute approximate surface area is 274 Å².